The van der Waals surface area contributed by atoms with Crippen LogP contribution in [0.2, 0.25) is 0 Å². The van der Waals surface area contributed by atoms with Gasteiger partial charge in [0.15, 0.2) is 10.8 Å². The van der Waals surface area contributed by atoms with Crippen molar-refractivity contribution in [1.82, 2.24) is 19.5 Å². The van der Waals surface area contributed by atoms with Gasteiger partial charge < -0.3 is 4.74 Å². The molecule has 0 bridgehead atoms. The Balaban J connectivity index is 1.55. The minimum Gasteiger partial charge on any atom is -0.379 e. The van der Waals surface area contributed by atoms with Crippen LogP contribution in [0.25, 0.3) is 16.6 Å². The van der Waals surface area contributed by atoms with Crippen LogP contribution in [0.5, 0.6) is 0 Å². The van der Waals surface area contributed by atoms with Crippen LogP contribution in [0.3, 0.4) is 0 Å². The van der Waals surface area contributed by atoms with Gasteiger partial charge in [0.25, 0.3) is 0 Å². The van der Waals surface area contributed by atoms with Gasteiger partial charge in [0, 0.05) is 25.4 Å². The molecule has 5 nitrogen and oxygen atoms in total. The number of fused-ring (bicyclic) bond motifs is 3. The first-order valence-electron chi connectivity index (χ1n) is 7.57. The number of pyridine rings is 1. The zero-order chi connectivity index (χ0) is 14.8. The quantitative estimate of drug-likeness (QED) is 0.691. The van der Waals surface area contributed by atoms with Crippen LogP contribution in [0.4, 0.5) is 0 Å². The molecular formula is C16H18N4OS. The zero-order valence-electron chi connectivity index (χ0n) is 12.3. The number of thioether (sulfide) groups is 1. The average molecular weight is 314 g/mol. The summed E-state index contributed by atoms with van der Waals surface area (Å²) in [6.45, 7) is 4.83. The zero-order valence-corrected chi connectivity index (χ0v) is 13.1. The summed E-state index contributed by atoms with van der Waals surface area (Å²) < 4.78 is 7.53. The molecule has 1 aromatic carbocycles. The normalized spacial score (nSPS) is 16.5. The lowest BCUT2D eigenvalue weighted by Gasteiger charge is -2.26. The second-order valence-electron chi connectivity index (χ2n) is 5.37. The molecule has 0 atom stereocenters. The van der Waals surface area contributed by atoms with Crippen LogP contribution in [-0.2, 0) is 4.74 Å². The molecule has 0 N–H and O–H groups in total. The maximum absolute atomic E-state index is 5.38. The monoisotopic (exact) mass is 314 g/mol. The number of para-hydroxylation sites is 1. The predicted molar refractivity (Wildman–Crippen MR) is 88.5 cm³/mol. The van der Waals surface area contributed by atoms with E-state index >= 15 is 0 Å². The molecule has 3 heterocycles. The summed E-state index contributed by atoms with van der Waals surface area (Å²) in [5, 5.41) is 10.8. The van der Waals surface area contributed by atoms with E-state index in [9.17, 15) is 0 Å². The fraction of sp³-hybridized carbons (Fsp3) is 0.375. The molecule has 0 aliphatic carbocycles. The van der Waals surface area contributed by atoms with Crippen LogP contribution in [0.15, 0.2) is 41.6 Å². The molecule has 3 aromatic rings. The molecule has 0 amide bonds. The first-order valence-corrected chi connectivity index (χ1v) is 8.56. The fourth-order valence-electron chi connectivity index (χ4n) is 2.80. The number of hydrogen-bond acceptors (Lipinski definition) is 5. The lowest BCUT2D eigenvalue weighted by Crippen LogP contribution is -2.37. The maximum Gasteiger partial charge on any atom is 0.196 e. The van der Waals surface area contributed by atoms with Crippen molar-refractivity contribution in [3.63, 3.8) is 0 Å². The topological polar surface area (TPSA) is 42.7 Å². The van der Waals surface area contributed by atoms with Gasteiger partial charge >= 0.3 is 0 Å². The van der Waals surface area contributed by atoms with Gasteiger partial charge in [0.05, 0.1) is 18.7 Å². The predicted octanol–water partition coefficient (Wildman–Crippen LogP) is 2.31. The largest absolute Gasteiger partial charge is 0.379 e. The van der Waals surface area contributed by atoms with Gasteiger partial charge in [-0.2, -0.15) is 0 Å². The molecule has 4 rings (SSSR count). The summed E-state index contributed by atoms with van der Waals surface area (Å²) in [5.41, 5.74) is 2.08. The van der Waals surface area contributed by atoms with Gasteiger partial charge in [0.2, 0.25) is 0 Å². The number of ether oxygens (including phenoxy) is 1. The van der Waals surface area contributed by atoms with Crippen molar-refractivity contribution in [1.29, 1.82) is 0 Å². The first kappa shape index (κ1) is 14.0. The summed E-state index contributed by atoms with van der Waals surface area (Å²) >= 11 is 1.77. The highest BCUT2D eigenvalue weighted by atomic mass is 32.2. The molecule has 0 radical (unpaired) electrons. The maximum atomic E-state index is 5.38. The minimum absolute atomic E-state index is 0.850. The Morgan fingerprint density at radius 2 is 1.91 bits per heavy atom. The molecule has 2 aromatic heterocycles. The van der Waals surface area contributed by atoms with Crippen LogP contribution in [0.1, 0.15) is 0 Å². The van der Waals surface area contributed by atoms with Crippen molar-refractivity contribution in [3.8, 4) is 0 Å². The van der Waals surface area contributed by atoms with E-state index in [1.165, 1.54) is 10.9 Å². The van der Waals surface area contributed by atoms with Crippen LogP contribution in [0, 0.1) is 0 Å². The SMILES string of the molecule is c1ccc2c(c1)ccc1nnc(SCCN3CCOCC3)n12. The Bertz CT molecular complexity index is 782. The summed E-state index contributed by atoms with van der Waals surface area (Å²) in [7, 11) is 0. The summed E-state index contributed by atoms with van der Waals surface area (Å²) in [6, 6.07) is 12.5. The number of nitrogens with zero attached hydrogens (tertiary/aromatic N) is 4. The highest BCUT2D eigenvalue weighted by Crippen LogP contribution is 2.23. The highest BCUT2D eigenvalue weighted by molar-refractivity contribution is 7.99. The first-order chi connectivity index (χ1) is 10.9. The molecule has 6 heteroatoms. The number of hydrogen-bond donors (Lipinski definition) is 0. The highest BCUT2D eigenvalue weighted by Gasteiger charge is 2.12. The second kappa shape index (κ2) is 6.24. The Hall–Kier alpha value is -1.63. The van der Waals surface area contributed by atoms with E-state index in [4.69, 9.17) is 4.74 Å². The van der Waals surface area contributed by atoms with Crippen molar-refractivity contribution in [2.45, 2.75) is 5.16 Å². The van der Waals surface area contributed by atoms with Crippen molar-refractivity contribution >= 4 is 28.3 Å². The van der Waals surface area contributed by atoms with E-state index in [1.54, 1.807) is 11.8 Å². The van der Waals surface area contributed by atoms with Gasteiger partial charge in [-0.05, 0) is 23.6 Å². The Labute approximate surface area is 133 Å². The molecule has 1 aliphatic rings. The van der Waals surface area contributed by atoms with E-state index in [-0.39, 0.29) is 0 Å². The molecule has 1 fully saturated rings. The third-order valence-electron chi connectivity index (χ3n) is 3.99. The van der Waals surface area contributed by atoms with Gasteiger partial charge in [0.1, 0.15) is 0 Å². The van der Waals surface area contributed by atoms with E-state index in [1.807, 2.05) is 6.07 Å². The lowest BCUT2D eigenvalue weighted by atomic mass is 10.2. The standard InChI is InChI=1S/C16H18N4OS/c1-2-4-14-13(3-1)5-6-15-17-18-16(20(14)15)22-12-9-19-7-10-21-11-8-19/h1-6H,7-12H2. The molecule has 114 valence electrons. The Morgan fingerprint density at radius 3 is 2.82 bits per heavy atom. The third-order valence-corrected chi connectivity index (χ3v) is 4.90. The van der Waals surface area contributed by atoms with Crippen molar-refractivity contribution in [2.75, 3.05) is 38.6 Å². The molecular weight excluding hydrogens is 296 g/mol. The van der Waals surface area contributed by atoms with E-state index in [0.717, 1.165) is 49.4 Å². The van der Waals surface area contributed by atoms with Gasteiger partial charge in [-0.1, -0.05) is 30.0 Å². The number of morpholine rings is 1. The molecule has 0 saturated carbocycles. The molecule has 22 heavy (non-hydrogen) atoms. The number of aromatic nitrogens is 3. The summed E-state index contributed by atoms with van der Waals surface area (Å²) in [5.74, 6) is 1.02. The van der Waals surface area contributed by atoms with Crippen molar-refractivity contribution < 1.29 is 4.74 Å². The molecule has 0 unspecified atom stereocenters. The summed E-state index contributed by atoms with van der Waals surface area (Å²) in [4.78, 5) is 2.44. The molecule has 1 saturated heterocycles. The second-order valence-corrected chi connectivity index (χ2v) is 6.43. The number of benzene rings is 1. The van der Waals surface area contributed by atoms with E-state index in [0.29, 0.717) is 0 Å². The Morgan fingerprint density at radius 1 is 1.05 bits per heavy atom. The smallest absolute Gasteiger partial charge is 0.196 e. The fourth-order valence-corrected chi connectivity index (χ4v) is 3.75. The molecule has 1 aliphatic heterocycles. The van der Waals surface area contributed by atoms with E-state index in [2.05, 4.69) is 49.8 Å². The van der Waals surface area contributed by atoms with Crippen LogP contribution < -0.4 is 0 Å². The molecule has 0 spiro atoms. The summed E-state index contributed by atoms with van der Waals surface area (Å²) in [6.07, 6.45) is 0. The third kappa shape index (κ3) is 2.69. The van der Waals surface area contributed by atoms with Crippen LogP contribution in [-0.4, -0.2) is 58.1 Å². The van der Waals surface area contributed by atoms with Crippen LogP contribution >= 0.6 is 11.8 Å². The lowest BCUT2D eigenvalue weighted by molar-refractivity contribution is 0.0410. The average Bonchev–Trinajstić information content (AvgIpc) is 3.00. The van der Waals surface area contributed by atoms with Gasteiger partial charge in [-0.3, -0.25) is 9.30 Å². The van der Waals surface area contributed by atoms with Crippen molar-refractivity contribution in [2.24, 2.45) is 0 Å². The Kier molecular flexibility index (Phi) is 3.97. The number of rotatable bonds is 4. The van der Waals surface area contributed by atoms with Gasteiger partial charge in [-0.15, -0.1) is 10.2 Å². The minimum atomic E-state index is 0.850. The van der Waals surface area contributed by atoms with E-state index < -0.39 is 0 Å². The van der Waals surface area contributed by atoms with Gasteiger partial charge in [-0.25, -0.2) is 0 Å². The van der Waals surface area contributed by atoms with Crippen molar-refractivity contribution in [3.05, 3.63) is 36.4 Å².